The van der Waals surface area contributed by atoms with Crippen molar-refractivity contribution in [2.24, 2.45) is 0 Å². The highest BCUT2D eigenvalue weighted by molar-refractivity contribution is 5.94. The van der Waals surface area contributed by atoms with E-state index in [-0.39, 0.29) is 23.9 Å². The Hall–Kier alpha value is -2.80. The minimum Gasteiger partial charge on any atom is -0.366 e. The molecule has 0 spiro atoms. The molecule has 7 heteroatoms. The highest BCUT2D eigenvalue weighted by Gasteiger charge is 2.37. The highest BCUT2D eigenvalue weighted by Crippen LogP contribution is 2.34. The lowest BCUT2D eigenvalue weighted by Gasteiger charge is -2.32. The molecule has 2 amide bonds. The highest BCUT2D eigenvalue weighted by atomic mass is 16.5. The Balaban J connectivity index is 1.89. The third-order valence-corrected chi connectivity index (χ3v) is 6.04. The molecule has 1 aliphatic carbocycles. The molecule has 7 nitrogen and oxygen atoms in total. The minimum atomic E-state index is -0.951. The van der Waals surface area contributed by atoms with Crippen molar-refractivity contribution < 1.29 is 14.3 Å². The molecule has 1 fully saturated rings. The second kappa shape index (κ2) is 7.91. The summed E-state index contributed by atoms with van der Waals surface area (Å²) in [5.74, 6) is -0.476. The van der Waals surface area contributed by atoms with Gasteiger partial charge in [0.2, 0.25) is 0 Å². The molecule has 3 atom stereocenters. The molecule has 29 heavy (non-hydrogen) atoms. The lowest BCUT2D eigenvalue weighted by Crippen LogP contribution is -2.53. The van der Waals surface area contributed by atoms with Gasteiger partial charge < -0.3 is 15.4 Å². The van der Waals surface area contributed by atoms with E-state index < -0.39 is 5.60 Å². The summed E-state index contributed by atoms with van der Waals surface area (Å²) in [6.45, 7) is 1.97. The van der Waals surface area contributed by atoms with Crippen LogP contribution in [0.1, 0.15) is 71.4 Å². The van der Waals surface area contributed by atoms with E-state index >= 15 is 0 Å². The van der Waals surface area contributed by atoms with Crippen LogP contribution >= 0.6 is 0 Å². The molecular formula is C22H26N4O3. The van der Waals surface area contributed by atoms with Gasteiger partial charge in [-0.1, -0.05) is 31.9 Å². The van der Waals surface area contributed by atoms with Crippen LogP contribution in [-0.4, -0.2) is 41.0 Å². The third-order valence-electron chi connectivity index (χ3n) is 6.04. The summed E-state index contributed by atoms with van der Waals surface area (Å²) >= 11 is 0. The van der Waals surface area contributed by atoms with Crippen LogP contribution in [0.5, 0.6) is 0 Å². The zero-order chi connectivity index (χ0) is 20.4. The van der Waals surface area contributed by atoms with Gasteiger partial charge in [-0.25, -0.2) is 9.97 Å². The predicted molar refractivity (Wildman–Crippen MR) is 108 cm³/mol. The number of fused-ring (bicyclic) bond motifs is 5. The van der Waals surface area contributed by atoms with Crippen molar-refractivity contribution in [2.75, 3.05) is 7.11 Å². The van der Waals surface area contributed by atoms with Crippen LogP contribution in [0.15, 0.2) is 36.4 Å². The Morgan fingerprint density at radius 1 is 0.931 bits per heavy atom. The Morgan fingerprint density at radius 3 is 1.83 bits per heavy atom. The van der Waals surface area contributed by atoms with Gasteiger partial charge in [-0.15, -0.1) is 0 Å². The summed E-state index contributed by atoms with van der Waals surface area (Å²) < 4.78 is 5.92. The first-order valence-corrected chi connectivity index (χ1v) is 10.2. The Labute approximate surface area is 170 Å². The van der Waals surface area contributed by atoms with E-state index in [1.54, 1.807) is 19.2 Å². The van der Waals surface area contributed by atoms with E-state index in [1.807, 2.05) is 31.2 Å². The molecule has 0 aromatic carbocycles. The van der Waals surface area contributed by atoms with Crippen molar-refractivity contribution >= 4 is 11.8 Å². The summed E-state index contributed by atoms with van der Waals surface area (Å²) in [7, 11) is 1.60. The maximum atomic E-state index is 12.9. The number of ether oxygens (including phenoxy) is 1. The zero-order valence-corrected chi connectivity index (χ0v) is 16.8. The van der Waals surface area contributed by atoms with Gasteiger partial charge in [0, 0.05) is 19.2 Å². The number of hydrogen-bond donors (Lipinski definition) is 2. The van der Waals surface area contributed by atoms with Gasteiger partial charge in [0.25, 0.3) is 11.8 Å². The number of carbonyl (C=O) groups is 2. The molecule has 2 aliphatic rings. The number of hydrogen-bond acceptors (Lipinski definition) is 5. The monoisotopic (exact) mass is 394 g/mol. The predicted octanol–water partition coefficient (Wildman–Crippen LogP) is 2.56. The smallest absolute Gasteiger partial charge is 0.270 e. The van der Waals surface area contributed by atoms with Crippen LogP contribution in [0, 0.1) is 0 Å². The molecule has 2 aromatic rings. The Morgan fingerprint density at radius 2 is 1.41 bits per heavy atom. The lowest BCUT2D eigenvalue weighted by molar-refractivity contribution is 0.0111. The summed E-state index contributed by atoms with van der Waals surface area (Å²) in [4.78, 5) is 35.2. The molecule has 2 N–H and O–H groups in total. The van der Waals surface area contributed by atoms with E-state index in [9.17, 15) is 9.59 Å². The van der Waals surface area contributed by atoms with Crippen molar-refractivity contribution in [2.45, 2.75) is 56.7 Å². The van der Waals surface area contributed by atoms with Gasteiger partial charge in [-0.2, -0.15) is 0 Å². The quantitative estimate of drug-likeness (QED) is 0.817. The van der Waals surface area contributed by atoms with Crippen LogP contribution in [0.2, 0.25) is 0 Å². The van der Waals surface area contributed by atoms with Crippen LogP contribution in [-0.2, 0) is 10.3 Å². The van der Waals surface area contributed by atoms with Crippen LogP contribution in [0.3, 0.4) is 0 Å². The fourth-order valence-electron chi connectivity index (χ4n) is 4.38. The number of methoxy groups -OCH3 is 1. The van der Waals surface area contributed by atoms with Crippen LogP contribution in [0.4, 0.5) is 0 Å². The van der Waals surface area contributed by atoms with Gasteiger partial charge >= 0.3 is 0 Å². The molecule has 0 radical (unpaired) electrons. The molecule has 0 saturated heterocycles. The normalized spacial score (nSPS) is 26.8. The van der Waals surface area contributed by atoms with Gasteiger partial charge in [-0.05, 0) is 43.5 Å². The maximum Gasteiger partial charge on any atom is 0.270 e. The molecule has 1 saturated carbocycles. The fraction of sp³-hybridized carbons (Fsp3) is 0.455. The molecule has 1 unspecified atom stereocenters. The first kappa shape index (κ1) is 19.5. The first-order valence-electron chi connectivity index (χ1n) is 10.2. The van der Waals surface area contributed by atoms with Crippen LogP contribution in [0.25, 0.3) is 0 Å². The second-order valence-electron chi connectivity index (χ2n) is 7.65. The molecule has 3 heterocycles. The first-order chi connectivity index (χ1) is 14.1. The molecule has 1 aliphatic heterocycles. The maximum absolute atomic E-state index is 12.9. The lowest BCUT2D eigenvalue weighted by atomic mass is 9.90. The van der Waals surface area contributed by atoms with Gasteiger partial charge in [0.05, 0.1) is 11.4 Å². The molecular weight excluding hydrogens is 368 g/mol. The van der Waals surface area contributed by atoms with E-state index in [0.29, 0.717) is 29.2 Å². The van der Waals surface area contributed by atoms with E-state index in [4.69, 9.17) is 4.74 Å². The molecule has 2 aromatic heterocycles. The van der Waals surface area contributed by atoms with Crippen molar-refractivity contribution in [1.82, 2.24) is 20.6 Å². The zero-order valence-electron chi connectivity index (χ0n) is 16.8. The van der Waals surface area contributed by atoms with Gasteiger partial charge in [-0.3, -0.25) is 9.59 Å². The fourth-order valence-corrected chi connectivity index (χ4v) is 4.38. The van der Waals surface area contributed by atoms with Crippen molar-refractivity contribution in [3.05, 3.63) is 59.2 Å². The number of pyridine rings is 2. The molecule has 4 rings (SSSR count). The topological polar surface area (TPSA) is 93.2 Å². The molecule has 4 bridgehead atoms. The number of rotatable bonds is 2. The van der Waals surface area contributed by atoms with Gasteiger partial charge in [0.15, 0.2) is 5.60 Å². The summed E-state index contributed by atoms with van der Waals surface area (Å²) in [6, 6.07) is 10.4. The van der Waals surface area contributed by atoms with E-state index in [2.05, 4.69) is 20.6 Å². The third kappa shape index (κ3) is 3.51. The number of nitrogens with one attached hydrogen (secondary N) is 2. The largest absolute Gasteiger partial charge is 0.366 e. The van der Waals surface area contributed by atoms with Crippen LogP contribution < -0.4 is 10.6 Å². The van der Waals surface area contributed by atoms with Crippen molar-refractivity contribution in [1.29, 1.82) is 0 Å². The molecule has 152 valence electrons. The summed E-state index contributed by atoms with van der Waals surface area (Å²) in [5.41, 5.74) is 0.916. The SMILES string of the molecule is CCC1(OC)c2cccc(n2)C(=O)N[C@H]2CCCC[C@H]2NC(=O)c2cccc1n2. The average molecular weight is 394 g/mol. The summed E-state index contributed by atoms with van der Waals surface area (Å²) in [5, 5.41) is 6.16. The second-order valence-corrected chi connectivity index (χ2v) is 7.65. The standard InChI is InChI=1S/C22H26N4O3/c1-3-22(29-2)18-12-6-10-16(23-18)20(27)25-14-8-4-5-9-15(14)26-21(28)17-11-7-13-19(22)24-17/h6-7,10-15H,3-5,8-9H2,1-2H3,(H,25,27)(H,26,28)/t14-,15+,22?. The number of aromatic nitrogens is 2. The number of carbonyl (C=O) groups excluding carboxylic acids is 2. The number of amides is 2. The van der Waals surface area contributed by atoms with E-state index in [0.717, 1.165) is 25.7 Å². The van der Waals surface area contributed by atoms with E-state index in [1.165, 1.54) is 0 Å². The Kier molecular flexibility index (Phi) is 5.32. The Bertz CT molecular complexity index is 854. The van der Waals surface area contributed by atoms with Gasteiger partial charge in [0.1, 0.15) is 11.4 Å². The average Bonchev–Trinajstić information content (AvgIpc) is 2.76. The van der Waals surface area contributed by atoms with Crippen molar-refractivity contribution in [3.8, 4) is 0 Å². The minimum absolute atomic E-state index is 0.132. The van der Waals surface area contributed by atoms with Crippen molar-refractivity contribution in [3.63, 3.8) is 0 Å². The number of nitrogens with zero attached hydrogens (tertiary/aromatic N) is 2. The summed E-state index contributed by atoms with van der Waals surface area (Å²) in [6.07, 6.45) is 4.22.